The molecule has 1 N–H and O–H groups in total. The highest BCUT2D eigenvalue weighted by atomic mass is 19.4. The van der Waals surface area contributed by atoms with Gasteiger partial charge in [-0.1, -0.05) is 42.4 Å². The molecule has 4 aromatic rings. The summed E-state index contributed by atoms with van der Waals surface area (Å²) >= 11 is 0. The molecule has 1 aliphatic rings. The van der Waals surface area contributed by atoms with Gasteiger partial charge in [-0.25, -0.2) is 9.78 Å². The second-order valence-electron chi connectivity index (χ2n) is 12.1. The quantitative estimate of drug-likeness (QED) is 0.177. The number of ether oxygens (including phenoxy) is 1. The van der Waals surface area contributed by atoms with Crippen molar-refractivity contribution in [3.63, 3.8) is 0 Å². The first-order valence-electron chi connectivity index (χ1n) is 15.6. The van der Waals surface area contributed by atoms with Crippen molar-refractivity contribution in [3.8, 4) is 0 Å². The number of alkyl halides is 6. The number of nitrogens with zero attached hydrogens (tertiary/aromatic N) is 7. The van der Waals surface area contributed by atoms with Crippen molar-refractivity contribution in [2.75, 3.05) is 15.1 Å². The Hall–Kier alpha value is -4.89. The van der Waals surface area contributed by atoms with Crippen molar-refractivity contribution in [3.05, 3.63) is 88.1 Å². The van der Waals surface area contributed by atoms with Crippen molar-refractivity contribution < 1.29 is 35.9 Å². The molecule has 3 heterocycles. The third-order valence-electron chi connectivity index (χ3n) is 8.10. The molecule has 5 rings (SSSR count). The number of tetrazole rings is 1. The molecule has 0 spiro atoms. The van der Waals surface area contributed by atoms with E-state index in [1.807, 2.05) is 44.2 Å². The molecule has 262 valence electrons. The van der Waals surface area contributed by atoms with E-state index in [1.54, 1.807) is 19.9 Å². The van der Waals surface area contributed by atoms with Gasteiger partial charge >= 0.3 is 18.4 Å². The van der Waals surface area contributed by atoms with Crippen molar-refractivity contribution in [2.45, 2.75) is 84.2 Å². The molecule has 10 nitrogen and oxygen atoms in total. The summed E-state index contributed by atoms with van der Waals surface area (Å²) in [5.74, 6) is 0.434. The van der Waals surface area contributed by atoms with Crippen LogP contribution in [0.25, 0.3) is 0 Å². The lowest BCUT2D eigenvalue weighted by Gasteiger charge is -2.43. The molecule has 49 heavy (non-hydrogen) atoms. The molecule has 2 aromatic carbocycles. The lowest BCUT2D eigenvalue weighted by Crippen LogP contribution is -2.49. The zero-order valence-corrected chi connectivity index (χ0v) is 27.5. The Bertz CT molecular complexity index is 1740. The van der Waals surface area contributed by atoms with E-state index >= 15 is 0 Å². The van der Waals surface area contributed by atoms with Crippen LogP contribution < -0.4 is 15.1 Å². The lowest BCUT2D eigenvalue weighted by molar-refractivity contribution is -0.143. The number of aromatic nitrogens is 5. The average Bonchev–Trinajstić information content (AvgIpc) is 3.46. The highest BCUT2D eigenvalue weighted by molar-refractivity contribution is 5.90. The number of fused-ring (bicyclic) bond motifs is 1. The fourth-order valence-corrected chi connectivity index (χ4v) is 5.83. The van der Waals surface area contributed by atoms with E-state index in [0.29, 0.717) is 47.9 Å². The standard InChI is InChI=1S/C33H36F6N8O2/c1-6-25-16-26(46(30-42-44-45(5)43-30)18-22-13-23(32(34,35)36)15-24(14-22)33(37,38)39)28-27(47(25)31(48)49-19(2)3)12-20(4)29(41-28)40-17-21-10-8-7-9-11-21/h7-15,19,25-26H,6,16-18H2,1-5H3,(H,40,41)/t25-,26-/m0/s1. The fourth-order valence-electron chi connectivity index (χ4n) is 5.83. The van der Waals surface area contributed by atoms with Crippen LogP contribution in [-0.4, -0.2) is 43.4 Å². The second kappa shape index (κ2) is 13.9. The molecule has 2 aromatic heterocycles. The Morgan fingerprint density at radius 1 is 1.02 bits per heavy atom. The van der Waals surface area contributed by atoms with Gasteiger partial charge < -0.3 is 15.0 Å². The summed E-state index contributed by atoms with van der Waals surface area (Å²) in [4.78, 5) is 22.6. The Kier molecular flexibility index (Phi) is 10.1. The molecule has 2 atom stereocenters. The Balaban J connectivity index is 1.67. The number of aryl methyl sites for hydroxylation is 2. The van der Waals surface area contributed by atoms with Gasteiger partial charge in [0, 0.05) is 19.1 Å². The van der Waals surface area contributed by atoms with Gasteiger partial charge in [0.05, 0.1) is 41.7 Å². The summed E-state index contributed by atoms with van der Waals surface area (Å²) in [5, 5.41) is 15.6. The molecule has 0 unspecified atom stereocenters. The Morgan fingerprint density at radius 3 is 2.22 bits per heavy atom. The first-order valence-corrected chi connectivity index (χ1v) is 15.6. The number of nitrogens with one attached hydrogen (secondary N) is 1. The molecule has 1 amide bonds. The van der Waals surface area contributed by atoms with Gasteiger partial charge in [-0.15, -0.1) is 5.10 Å². The third kappa shape index (κ3) is 8.05. The molecule has 1 aliphatic heterocycles. The zero-order valence-electron chi connectivity index (χ0n) is 27.5. The van der Waals surface area contributed by atoms with Gasteiger partial charge in [0.15, 0.2) is 0 Å². The molecule has 0 fully saturated rings. The summed E-state index contributed by atoms with van der Waals surface area (Å²) in [6.07, 6.45) is -10.5. The van der Waals surface area contributed by atoms with Crippen LogP contribution in [0.5, 0.6) is 0 Å². The van der Waals surface area contributed by atoms with Gasteiger partial charge in [-0.2, -0.15) is 31.1 Å². The first kappa shape index (κ1) is 35.4. The monoisotopic (exact) mass is 690 g/mol. The molecule has 0 saturated heterocycles. The molecule has 0 aliphatic carbocycles. The molecular weight excluding hydrogens is 654 g/mol. The molecule has 0 bridgehead atoms. The van der Waals surface area contributed by atoms with Crippen LogP contribution >= 0.6 is 0 Å². The van der Waals surface area contributed by atoms with Gasteiger partial charge in [-0.3, -0.25) is 4.90 Å². The predicted molar refractivity (Wildman–Crippen MR) is 170 cm³/mol. The fraction of sp³-hybridized carbons (Fsp3) is 0.424. The molecule has 0 saturated carbocycles. The molecule has 0 radical (unpaired) electrons. The maximum atomic E-state index is 13.8. The Morgan fingerprint density at radius 2 is 1.67 bits per heavy atom. The normalized spacial score (nSPS) is 16.4. The zero-order chi connectivity index (χ0) is 35.7. The van der Waals surface area contributed by atoms with E-state index in [4.69, 9.17) is 9.72 Å². The van der Waals surface area contributed by atoms with Crippen molar-refractivity contribution in [1.82, 2.24) is 25.2 Å². The van der Waals surface area contributed by atoms with Crippen LogP contribution in [-0.2, 0) is 37.2 Å². The molecular formula is C33H36F6N8O2. The van der Waals surface area contributed by atoms with E-state index in [9.17, 15) is 31.1 Å². The van der Waals surface area contributed by atoms with Crippen LogP contribution in [0.1, 0.15) is 73.2 Å². The third-order valence-corrected chi connectivity index (χ3v) is 8.10. The number of rotatable bonds is 9. The van der Waals surface area contributed by atoms with Crippen molar-refractivity contribution >= 4 is 23.5 Å². The van der Waals surface area contributed by atoms with Crippen molar-refractivity contribution in [1.29, 1.82) is 0 Å². The second-order valence-corrected chi connectivity index (χ2v) is 12.1. The topological polar surface area (TPSA) is 101 Å². The van der Waals surface area contributed by atoms with Crippen LogP contribution in [0.2, 0.25) is 0 Å². The number of benzene rings is 2. The van der Waals surface area contributed by atoms with Gasteiger partial charge in [0.2, 0.25) is 0 Å². The summed E-state index contributed by atoms with van der Waals surface area (Å²) in [6.45, 7) is 7.08. The maximum Gasteiger partial charge on any atom is 0.416 e. The van der Waals surface area contributed by atoms with Gasteiger partial charge in [0.25, 0.3) is 5.95 Å². The summed E-state index contributed by atoms with van der Waals surface area (Å²) < 4.78 is 88.7. The highest BCUT2D eigenvalue weighted by Gasteiger charge is 2.42. The Labute approximate surface area is 279 Å². The van der Waals surface area contributed by atoms with E-state index in [2.05, 4.69) is 20.7 Å². The number of anilines is 3. The smallest absolute Gasteiger partial charge is 0.416 e. The maximum absolute atomic E-state index is 13.8. The number of pyridine rings is 1. The highest BCUT2D eigenvalue weighted by Crippen LogP contribution is 2.44. The van der Waals surface area contributed by atoms with E-state index in [-0.39, 0.29) is 24.0 Å². The lowest BCUT2D eigenvalue weighted by atomic mass is 9.91. The van der Waals surface area contributed by atoms with E-state index in [1.165, 1.54) is 16.8 Å². The largest absolute Gasteiger partial charge is 0.446 e. The minimum atomic E-state index is -5.04. The number of halogens is 6. The number of amides is 1. The number of hydrogen-bond donors (Lipinski definition) is 1. The number of hydrogen-bond acceptors (Lipinski definition) is 8. The van der Waals surface area contributed by atoms with Gasteiger partial charge in [0.1, 0.15) is 5.82 Å². The summed E-state index contributed by atoms with van der Waals surface area (Å²) in [7, 11) is 1.49. The van der Waals surface area contributed by atoms with Gasteiger partial charge in [-0.05, 0) is 79.8 Å². The van der Waals surface area contributed by atoms with E-state index < -0.39 is 54.3 Å². The number of carbonyl (C=O) groups excluding carboxylic acids is 1. The minimum Gasteiger partial charge on any atom is -0.446 e. The first-order chi connectivity index (χ1) is 23.0. The van der Waals surface area contributed by atoms with Crippen LogP contribution in [0.15, 0.2) is 54.6 Å². The predicted octanol–water partition coefficient (Wildman–Crippen LogP) is 7.84. The SMILES string of the molecule is CC[C@H]1C[C@H](N(Cc2cc(C(F)(F)F)cc(C(F)(F)F)c2)c2nnn(C)n2)c2nc(NCc3ccccc3)c(C)cc2N1C(=O)OC(C)C. The van der Waals surface area contributed by atoms with Crippen LogP contribution in [0.4, 0.5) is 48.6 Å². The average molecular weight is 691 g/mol. The summed E-state index contributed by atoms with van der Waals surface area (Å²) in [5.41, 5.74) is -0.758. The number of carbonyl (C=O) groups is 1. The van der Waals surface area contributed by atoms with Crippen LogP contribution in [0, 0.1) is 6.92 Å². The minimum absolute atomic E-state index is 0.0429. The molecule has 16 heteroatoms. The van der Waals surface area contributed by atoms with Crippen molar-refractivity contribution in [2.24, 2.45) is 7.05 Å². The summed E-state index contributed by atoms with van der Waals surface area (Å²) in [6, 6.07) is 11.5. The van der Waals surface area contributed by atoms with E-state index in [0.717, 1.165) is 10.4 Å². The van der Waals surface area contributed by atoms with Crippen LogP contribution in [0.3, 0.4) is 0 Å².